The summed E-state index contributed by atoms with van der Waals surface area (Å²) in [6.45, 7) is 2.18. The lowest BCUT2D eigenvalue weighted by Gasteiger charge is -2.31. The Bertz CT molecular complexity index is 775. The number of furan rings is 1. The van der Waals surface area contributed by atoms with E-state index in [4.69, 9.17) is 13.9 Å². The Labute approximate surface area is 145 Å². The van der Waals surface area contributed by atoms with Gasteiger partial charge in [-0.25, -0.2) is 0 Å². The van der Waals surface area contributed by atoms with E-state index < -0.39 is 0 Å². The Kier molecular flexibility index (Phi) is 4.17. The number of rotatable bonds is 3. The summed E-state index contributed by atoms with van der Waals surface area (Å²) in [5.41, 5.74) is 1.19. The third-order valence-electron chi connectivity index (χ3n) is 4.75. The van der Waals surface area contributed by atoms with Crippen LogP contribution >= 0.6 is 0 Å². The van der Waals surface area contributed by atoms with Crippen molar-refractivity contribution in [2.24, 2.45) is 5.92 Å². The first-order valence-electron chi connectivity index (χ1n) is 8.48. The largest absolute Gasteiger partial charge is 0.486 e. The Morgan fingerprint density at radius 2 is 1.72 bits per heavy atom. The van der Waals surface area contributed by atoms with Crippen LogP contribution in [0.3, 0.4) is 0 Å². The van der Waals surface area contributed by atoms with E-state index in [1.54, 1.807) is 29.2 Å². The predicted molar refractivity (Wildman–Crippen MR) is 89.1 cm³/mol. The van der Waals surface area contributed by atoms with E-state index in [0.29, 0.717) is 61.8 Å². The molecule has 2 aliphatic rings. The molecule has 4 rings (SSSR count). The van der Waals surface area contributed by atoms with Crippen LogP contribution in [-0.4, -0.2) is 42.9 Å². The molecule has 0 saturated carbocycles. The van der Waals surface area contributed by atoms with E-state index in [-0.39, 0.29) is 17.6 Å². The second kappa shape index (κ2) is 6.63. The van der Waals surface area contributed by atoms with Crippen molar-refractivity contribution in [2.75, 3.05) is 26.3 Å². The number of amides is 1. The summed E-state index contributed by atoms with van der Waals surface area (Å²) >= 11 is 0. The zero-order chi connectivity index (χ0) is 17.2. The fourth-order valence-electron chi connectivity index (χ4n) is 3.35. The van der Waals surface area contributed by atoms with E-state index >= 15 is 0 Å². The van der Waals surface area contributed by atoms with E-state index in [0.717, 1.165) is 0 Å². The molecule has 0 radical (unpaired) electrons. The third-order valence-corrected chi connectivity index (χ3v) is 4.75. The van der Waals surface area contributed by atoms with Crippen molar-refractivity contribution in [3.63, 3.8) is 0 Å². The summed E-state index contributed by atoms with van der Waals surface area (Å²) in [4.78, 5) is 26.9. The number of likely N-dealkylation sites (tertiary alicyclic amines) is 1. The number of hydrogen-bond acceptors (Lipinski definition) is 5. The molecule has 0 bridgehead atoms. The molecule has 1 fully saturated rings. The van der Waals surface area contributed by atoms with Gasteiger partial charge < -0.3 is 18.8 Å². The van der Waals surface area contributed by atoms with Crippen molar-refractivity contribution in [1.82, 2.24) is 4.90 Å². The number of nitrogens with zero attached hydrogens (tertiary/aromatic N) is 1. The Balaban J connectivity index is 1.40. The van der Waals surface area contributed by atoms with Gasteiger partial charge in [0.25, 0.3) is 5.91 Å². The summed E-state index contributed by atoms with van der Waals surface area (Å²) in [6.07, 6.45) is 4.27. The van der Waals surface area contributed by atoms with Crippen molar-refractivity contribution in [2.45, 2.75) is 12.8 Å². The molecule has 2 aliphatic heterocycles. The molecule has 3 heterocycles. The maximum Gasteiger partial charge on any atom is 0.257 e. The number of hydrogen-bond donors (Lipinski definition) is 0. The zero-order valence-corrected chi connectivity index (χ0v) is 13.8. The molecule has 1 aromatic carbocycles. The summed E-state index contributed by atoms with van der Waals surface area (Å²) in [5.74, 6) is 1.30. The fraction of sp³-hybridized carbons (Fsp3) is 0.368. The second-order valence-corrected chi connectivity index (χ2v) is 6.30. The van der Waals surface area contributed by atoms with Crippen LogP contribution in [-0.2, 0) is 0 Å². The van der Waals surface area contributed by atoms with Crippen molar-refractivity contribution in [1.29, 1.82) is 0 Å². The number of Topliss-reactive ketones (excluding diaryl/α,β-unsaturated/α-hetero) is 1. The minimum Gasteiger partial charge on any atom is -0.486 e. The van der Waals surface area contributed by atoms with Crippen LogP contribution in [0.4, 0.5) is 0 Å². The molecule has 1 aromatic heterocycles. The maximum atomic E-state index is 12.8. The Hall–Kier alpha value is -2.76. The molecular weight excluding hydrogens is 322 g/mol. The van der Waals surface area contributed by atoms with Gasteiger partial charge in [-0.2, -0.15) is 0 Å². The standard InChI is InChI=1S/C19H19NO5/c21-18(14-1-2-16-17(11-14)25-10-9-24-16)13-3-6-20(7-4-13)19(22)15-5-8-23-12-15/h1-2,5,8,11-13H,3-4,6-7,9-10H2. The second-order valence-electron chi connectivity index (χ2n) is 6.30. The molecule has 2 aromatic rings. The molecular formula is C19H19NO5. The van der Waals surface area contributed by atoms with Gasteiger partial charge in [0.05, 0.1) is 11.8 Å². The molecule has 1 saturated heterocycles. The average Bonchev–Trinajstić information content (AvgIpc) is 3.21. The number of benzene rings is 1. The van der Waals surface area contributed by atoms with Crippen molar-refractivity contribution in [3.05, 3.63) is 47.9 Å². The summed E-state index contributed by atoms with van der Waals surface area (Å²) in [6, 6.07) is 7.01. The van der Waals surface area contributed by atoms with Gasteiger partial charge in [-0.1, -0.05) is 0 Å². The number of fused-ring (bicyclic) bond motifs is 1. The maximum absolute atomic E-state index is 12.8. The molecule has 130 valence electrons. The molecule has 0 unspecified atom stereocenters. The van der Waals surface area contributed by atoms with Crippen LogP contribution in [0.1, 0.15) is 33.6 Å². The summed E-state index contributed by atoms with van der Waals surface area (Å²) in [7, 11) is 0. The van der Waals surface area contributed by atoms with Gasteiger partial charge >= 0.3 is 0 Å². The first-order valence-corrected chi connectivity index (χ1v) is 8.48. The number of ketones is 1. The molecule has 0 spiro atoms. The van der Waals surface area contributed by atoms with Crippen LogP contribution in [0.5, 0.6) is 11.5 Å². The van der Waals surface area contributed by atoms with Gasteiger partial charge in [0.1, 0.15) is 19.5 Å². The van der Waals surface area contributed by atoms with Crippen molar-refractivity contribution >= 4 is 11.7 Å². The van der Waals surface area contributed by atoms with Crippen LogP contribution in [0.2, 0.25) is 0 Å². The molecule has 6 heteroatoms. The highest BCUT2D eigenvalue weighted by Crippen LogP contribution is 2.32. The smallest absolute Gasteiger partial charge is 0.257 e. The topological polar surface area (TPSA) is 69.0 Å². The molecule has 25 heavy (non-hydrogen) atoms. The first kappa shape index (κ1) is 15.7. The third kappa shape index (κ3) is 3.12. The Morgan fingerprint density at radius 3 is 2.44 bits per heavy atom. The molecule has 0 aliphatic carbocycles. The lowest BCUT2D eigenvalue weighted by atomic mass is 9.88. The average molecular weight is 341 g/mol. The van der Waals surface area contributed by atoms with Gasteiger partial charge in [0, 0.05) is 24.6 Å². The van der Waals surface area contributed by atoms with Crippen molar-refractivity contribution in [3.8, 4) is 11.5 Å². The number of piperidine rings is 1. The normalized spacial score (nSPS) is 17.4. The lowest BCUT2D eigenvalue weighted by Crippen LogP contribution is -2.40. The van der Waals surface area contributed by atoms with E-state index in [1.807, 2.05) is 0 Å². The highest BCUT2D eigenvalue weighted by Gasteiger charge is 2.29. The summed E-state index contributed by atoms with van der Waals surface area (Å²) in [5, 5.41) is 0. The number of carbonyl (C=O) groups excluding carboxylic acids is 2. The van der Waals surface area contributed by atoms with Gasteiger partial charge in [-0.15, -0.1) is 0 Å². The highest BCUT2D eigenvalue weighted by atomic mass is 16.6. The highest BCUT2D eigenvalue weighted by molar-refractivity contribution is 5.99. The zero-order valence-electron chi connectivity index (χ0n) is 13.8. The Morgan fingerprint density at radius 1 is 0.960 bits per heavy atom. The van der Waals surface area contributed by atoms with Gasteiger partial charge in [0.15, 0.2) is 17.3 Å². The van der Waals surface area contributed by atoms with Gasteiger partial charge in [-0.3, -0.25) is 9.59 Å². The lowest BCUT2D eigenvalue weighted by molar-refractivity contribution is 0.0649. The van der Waals surface area contributed by atoms with Crippen LogP contribution in [0.15, 0.2) is 41.2 Å². The molecule has 0 N–H and O–H groups in total. The minimum atomic E-state index is -0.0732. The molecule has 0 atom stereocenters. The van der Waals surface area contributed by atoms with Crippen LogP contribution in [0.25, 0.3) is 0 Å². The monoisotopic (exact) mass is 341 g/mol. The van der Waals surface area contributed by atoms with E-state index in [2.05, 4.69) is 0 Å². The minimum absolute atomic E-state index is 0.0426. The van der Waals surface area contributed by atoms with Gasteiger partial charge in [-0.05, 0) is 37.1 Å². The SMILES string of the molecule is O=C(c1ccc2c(c1)OCCO2)C1CCN(C(=O)c2ccoc2)CC1. The molecule has 6 nitrogen and oxygen atoms in total. The number of carbonyl (C=O) groups is 2. The quantitative estimate of drug-likeness (QED) is 0.803. The summed E-state index contributed by atoms with van der Waals surface area (Å²) < 4.78 is 16.0. The van der Waals surface area contributed by atoms with Crippen LogP contribution in [0, 0.1) is 5.92 Å². The number of ether oxygens (including phenoxy) is 2. The fourth-order valence-corrected chi connectivity index (χ4v) is 3.35. The van der Waals surface area contributed by atoms with Crippen molar-refractivity contribution < 1.29 is 23.5 Å². The first-order chi connectivity index (χ1) is 12.2. The molecule has 1 amide bonds. The predicted octanol–water partition coefficient (Wildman–Crippen LogP) is 2.79. The van der Waals surface area contributed by atoms with Gasteiger partial charge in [0.2, 0.25) is 0 Å². The van der Waals surface area contributed by atoms with E-state index in [1.165, 1.54) is 12.5 Å². The van der Waals surface area contributed by atoms with Crippen LogP contribution < -0.4 is 9.47 Å². The van der Waals surface area contributed by atoms with E-state index in [9.17, 15) is 9.59 Å².